The number of rotatable bonds is 4. The summed E-state index contributed by atoms with van der Waals surface area (Å²) in [6.07, 6.45) is 6.56. The molecule has 25 heavy (non-hydrogen) atoms. The van der Waals surface area contributed by atoms with Gasteiger partial charge < -0.3 is 4.90 Å². The summed E-state index contributed by atoms with van der Waals surface area (Å²) in [5.41, 5.74) is 4.93. The van der Waals surface area contributed by atoms with Crippen LogP contribution < -0.4 is 0 Å². The van der Waals surface area contributed by atoms with Crippen LogP contribution in [0.3, 0.4) is 0 Å². The van der Waals surface area contributed by atoms with Gasteiger partial charge in [-0.05, 0) is 63.4 Å². The molecule has 5 nitrogen and oxygen atoms in total. The van der Waals surface area contributed by atoms with Crippen molar-refractivity contribution in [2.75, 3.05) is 19.6 Å². The van der Waals surface area contributed by atoms with Gasteiger partial charge in [0.15, 0.2) is 0 Å². The lowest BCUT2D eigenvalue weighted by Crippen LogP contribution is -2.30. The van der Waals surface area contributed by atoms with Crippen LogP contribution in [0.2, 0.25) is 0 Å². The summed E-state index contributed by atoms with van der Waals surface area (Å²) in [5, 5.41) is 0. The van der Waals surface area contributed by atoms with Crippen molar-refractivity contribution in [1.29, 1.82) is 0 Å². The third-order valence-corrected chi connectivity index (χ3v) is 6.18. The number of hydrogen-bond donors (Lipinski definition) is 0. The monoisotopic (exact) mass is 356 g/mol. The van der Waals surface area contributed by atoms with Gasteiger partial charge in [0.1, 0.15) is 4.88 Å². The highest BCUT2D eigenvalue weighted by atomic mass is 32.1. The maximum absolute atomic E-state index is 12.9. The SMILES string of the molecule is Cc1ncsc1C(=O)N1CCC[C@H]1c1ccnc(CN2CCCC2)c1. The average Bonchev–Trinajstić information content (AvgIpc) is 3.36. The molecule has 4 rings (SSSR count). The van der Waals surface area contributed by atoms with Crippen LogP contribution in [0.5, 0.6) is 0 Å². The van der Waals surface area contributed by atoms with E-state index in [-0.39, 0.29) is 11.9 Å². The predicted molar refractivity (Wildman–Crippen MR) is 98.6 cm³/mol. The van der Waals surface area contributed by atoms with Crippen molar-refractivity contribution >= 4 is 17.2 Å². The van der Waals surface area contributed by atoms with E-state index in [2.05, 4.69) is 27.0 Å². The Morgan fingerprint density at radius 3 is 2.84 bits per heavy atom. The molecule has 0 radical (unpaired) electrons. The minimum absolute atomic E-state index is 0.125. The maximum Gasteiger partial charge on any atom is 0.266 e. The topological polar surface area (TPSA) is 49.3 Å². The number of thiazole rings is 1. The van der Waals surface area contributed by atoms with Crippen molar-refractivity contribution in [3.05, 3.63) is 45.7 Å². The Morgan fingerprint density at radius 1 is 1.24 bits per heavy atom. The van der Waals surface area contributed by atoms with Crippen molar-refractivity contribution in [2.24, 2.45) is 0 Å². The fourth-order valence-electron chi connectivity index (χ4n) is 3.95. The Morgan fingerprint density at radius 2 is 2.08 bits per heavy atom. The first-order valence-electron chi connectivity index (χ1n) is 9.10. The Labute approximate surface area is 152 Å². The number of aromatic nitrogens is 2. The molecule has 2 saturated heterocycles. The van der Waals surface area contributed by atoms with E-state index in [4.69, 9.17) is 0 Å². The molecule has 0 unspecified atom stereocenters. The highest BCUT2D eigenvalue weighted by Crippen LogP contribution is 2.34. The second kappa shape index (κ2) is 7.22. The lowest BCUT2D eigenvalue weighted by molar-refractivity contribution is 0.0739. The molecule has 132 valence electrons. The summed E-state index contributed by atoms with van der Waals surface area (Å²) in [7, 11) is 0. The summed E-state index contributed by atoms with van der Waals surface area (Å²) in [5.74, 6) is 0.125. The molecule has 0 saturated carbocycles. The lowest BCUT2D eigenvalue weighted by Gasteiger charge is -2.25. The van der Waals surface area contributed by atoms with E-state index in [1.165, 1.54) is 42.8 Å². The second-order valence-corrected chi connectivity index (χ2v) is 7.84. The molecule has 0 aliphatic carbocycles. The molecule has 2 aliphatic heterocycles. The van der Waals surface area contributed by atoms with Gasteiger partial charge in [-0.3, -0.25) is 14.7 Å². The first kappa shape index (κ1) is 16.7. The molecular formula is C19H24N4OS. The Hall–Kier alpha value is -1.79. The number of aryl methyl sites for hydroxylation is 1. The fraction of sp³-hybridized carbons (Fsp3) is 0.526. The first-order chi connectivity index (χ1) is 12.2. The zero-order valence-corrected chi connectivity index (χ0v) is 15.5. The number of carbonyl (C=O) groups is 1. The summed E-state index contributed by atoms with van der Waals surface area (Å²) in [4.78, 5) is 27.0. The molecule has 0 aromatic carbocycles. The van der Waals surface area contributed by atoms with E-state index >= 15 is 0 Å². The molecule has 2 aromatic heterocycles. The van der Waals surface area contributed by atoms with Gasteiger partial charge in [0, 0.05) is 19.3 Å². The fourth-order valence-corrected chi connectivity index (χ4v) is 4.71. The molecular weight excluding hydrogens is 332 g/mol. The van der Waals surface area contributed by atoms with Gasteiger partial charge in [-0.15, -0.1) is 11.3 Å². The average molecular weight is 356 g/mol. The largest absolute Gasteiger partial charge is 0.331 e. The minimum atomic E-state index is 0.125. The third-order valence-electron chi connectivity index (χ3n) is 5.26. The van der Waals surface area contributed by atoms with Crippen molar-refractivity contribution < 1.29 is 4.79 Å². The highest BCUT2D eigenvalue weighted by Gasteiger charge is 2.32. The number of carbonyl (C=O) groups excluding carboxylic acids is 1. The van der Waals surface area contributed by atoms with Gasteiger partial charge in [0.2, 0.25) is 0 Å². The molecule has 6 heteroatoms. The van der Waals surface area contributed by atoms with Crippen LogP contribution >= 0.6 is 11.3 Å². The van der Waals surface area contributed by atoms with Gasteiger partial charge in [0.05, 0.1) is 22.9 Å². The quantitative estimate of drug-likeness (QED) is 0.842. The number of likely N-dealkylation sites (tertiary alicyclic amines) is 2. The maximum atomic E-state index is 12.9. The molecule has 4 heterocycles. The molecule has 0 bridgehead atoms. The molecule has 0 N–H and O–H groups in total. The van der Waals surface area contributed by atoms with Crippen LogP contribution in [-0.2, 0) is 6.54 Å². The molecule has 1 atom stereocenters. The van der Waals surface area contributed by atoms with Crippen LogP contribution in [0.4, 0.5) is 0 Å². The van der Waals surface area contributed by atoms with Crippen molar-refractivity contribution in [3.63, 3.8) is 0 Å². The number of nitrogens with zero attached hydrogens (tertiary/aromatic N) is 4. The van der Waals surface area contributed by atoms with E-state index in [1.54, 1.807) is 5.51 Å². The van der Waals surface area contributed by atoms with E-state index in [0.29, 0.717) is 0 Å². The van der Waals surface area contributed by atoms with Gasteiger partial charge in [-0.25, -0.2) is 4.98 Å². The smallest absolute Gasteiger partial charge is 0.266 e. The molecule has 1 amide bonds. The summed E-state index contributed by atoms with van der Waals surface area (Å²) < 4.78 is 0. The van der Waals surface area contributed by atoms with E-state index in [1.807, 2.05) is 18.0 Å². The van der Waals surface area contributed by atoms with Crippen LogP contribution in [0.25, 0.3) is 0 Å². The zero-order chi connectivity index (χ0) is 17.2. The van der Waals surface area contributed by atoms with Gasteiger partial charge in [-0.1, -0.05) is 0 Å². The van der Waals surface area contributed by atoms with Crippen LogP contribution in [0.15, 0.2) is 23.8 Å². The van der Waals surface area contributed by atoms with Gasteiger partial charge in [-0.2, -0.15) is 0 Å². The number of amides is 1. The van der Waals surface area contributed by atoms with Gasteiger partial charge >= 0.3 is 0 Å². The second-order valence-electron chi connectivity index (χ2n) is 6.99. The summed E-state index contributed by atoms with van der Waals surface area (Å²) in [6.45, 7) is 6.00. The number of pyridine rings is 1. The summed E-state index contributed by atoms with van der Waals surface area (Å²) in [6, 6.07) is 4.44. The summed E-state index contributed by atoms with van der Waals surface area (Å²) >= 11 is 1.44. The minimum Gasteiger partial charge on any atom is -0.331 e. The van der Waals surface area contributed by atoms with Gasteiger partial charge in [0.25, 0.3) is 5.91 Å². The Bertz CT molecular complexity index is 753. The lowest BCUT2D eigenvalue weighted by atomic mass is 10.0. The molecule has 2 fully saturated rings. The van der Waals surface area contributed by atoms with E-state index in [9.17, 15) is 4.79 Å². The number of hydrogen-bond acceptors (Lipinski definition) is 5. The highest BCUT2D eigenvalue weighted by molar-refractivity contribution is 7.11. The van der Waals surface area contributed by atoms with E-state index < -0.39 is 0 Å². The standard InChI is InChI=1S/C19H24N4OS/c1-14-18(25-13-21-14)19(24)23-10-4-5-17(23)15-6-7-20-16(11-15)12-22-8-2-3-9-22/h6-7,11,13,17H,2-5,8-10,12H2,1H3/t17-/m0/s1. The molecule has 2 aliphatic rings. The predicted octanol–water partition coefficient (Wildman–Crippen LogP) is 3.42. The van der Waals surface area contributed by atoms with Crippen LogP contribution in [-0.4, -0.2) is 45.3 Å². The van der Waals surface area contributed by atoms with E-state index in [0.717, 1.165) is 42.2 Å². The third kappa shape index (κ3) is 3.46. The molecule has 2 aromatic rings. The first-order valence-corrected chi connectivity index (χ1v) is 9.98. The van der Waals surface area contributed by atoms with Crippen molar-refractivity contribution in [3.8, 4) is 0 Å². The van der Waals surface area contributed by atoms with Crippen LogP contribution in [0.1, 0.15) is 58.3 Å². The van der Waals surface area contributed by atoms with Crippen molar-refractivity contribution in [1.82, 2.24) is 19.8 Å². The Kier molecular flexibility index (Phi) is 4.81. The van der Waals surface area contributed by atoms with Crippen LogP contribution in [0, 0.1) is 6.92 Å². The zero-order valence-electron chi connectivity index (χ0n) is 14.6. The van der Waals surface area contributed by atoms with Crippen molar-refractivity contribution in [2.45, 2.75) is 45.2 Å². The normalized spacial score (nSPS) is 21.2. The molecule has 0 spiro atoms. The Balaban J connectivity index is 1.53.